The molecule has 0 aromatic heterocycles. The summed E-state index contributed by atoms with van der Waals surface area (Å²) in [5, 5.41) is 2.82. The molecule has 1 aliphatic heterocycles. The van der Waals surface area contributed by atoms with Gasteiger partial charge in [-0.25, -0.2) is 0 Å². The van der Waals surface area contributed by atoms with Crippen LogP contribution < -0.4 is 15.8 Å². The minimum atomic E-state index is -0.558. The molecular weight excluding hydrogens is 394 g/mol. The highest BCUT2D eigenvalue weighted by molar-refractivity contribution is 5.95. The molecule has 0 saturated carbocycles. The van der Waals surface area contributed by atoms with E-state index in [1.54, 1.807) is 42.5 Å². The van der Waals surface area contributed by atoms with Crippen molar-refractivity contribution in [3.63, 3.8) is 0 Å². The number of benzene rings is 2. The zero-order valence-electron chi connectivity index (χ0n) is 17.8. The Morgan fingerprint density at radius 3 is 2.74 bits per heavy atom. The molecule has 31 heavy (non-hydrogen) atoms. The van der Waals surface area contributed by atoms with E-state index in [1.807, 2.05) is 11.0 Å². The largest absolute Gasteiger partial charge is 0.488 e. The molecule has 3 N–H and O–H groups in total. The molecule has 0 aliphatic carbocycles. The fraction of sp³-hybridized carbons (Fsp3) is 0.375. The van der Waals surface area contributed by atoms with Crippen molar-refractivity contribution in [1.29, 1.82) is 0 Å². The monoisotopic (exact) mass is 423 g/mol. The molecule has 0 spiro atoms. The van der Waals surface area contributed by atoms with Crippen LogP contribution in [0.3, 0.4) is 0 Å². The molecule has 2 aromatic carbocycles. The summed E-state index contributed by atoms with van der Waals surface area (Å²) in [6.07, 6.45) is 2.50. The van der Waals surface area contributed by atoms with Gasteiger partial charge in [0, 0.05) is 31.6 Å². The topological polar surface area (TPSA) is 102 Å². The lowest BCUT2D eigenvalue weighted by Gasteiger charge is -2.31. The van der Waals surface area contributed by atoms with Gasteiger partial charge in [0.05, 0.1) is 5.56 Å². The van der Waals surface area contributed by atoms with Crippen molar-refractivity contribution in [3.05, 3.63) is 65.2 Å². The molecule has 1 atom stereocenters. The van der Waals surface area contributed by atoms with Crippen molar-refractivity contribution in [2.75, 3.05) is 19.6 Å². The molecular formula is C24H29N3O4. The number of likely N-dealkylation sites (tertiary alicyclic amines) is 1. The number of carbonyl (C=O) groups excluding carboxylic acids is 3. The zero-order chi connectivity index (χ0) is 22.2. The number of nitrogens with two attached hydrogens (primary N) is 1. The van der Waals surface area contributed by atoms with Gasteiger partial charge in [-0.05, 0) is 48.6 Å². The van der Waals surface area contributed by atoms with Crippen LogP contribution in [0.15, 0.2) is 48.5 Å². The Labute approximate surface area is 182 Å². The summed E-state index contributed by atoms with van der Waals surface area (Å²) in [6.45, 7) is 4.25. The van der Waals surface area contributed by atoms with Gasteiger partial charge in [0.15, 0.2) is 0 Å². The average molecular weight is 424 g/mol. The summed E-state index contributed by atoms with van der Waals surface area (Å²) in [4.78, 5) is 38.2. The Morgan fingerprint density at radius 1 is 1.16 bits per heavy atom. The summed E-state index contributed by atoms with van der Waals surface area (Å²) < 4.78 is 5.72. The lowest BCUT2D eigenvalue weighted by molar-refractivity contribution is -0.132. The Hall–Kier alpha value is -3.35. The lowest BCUT2D eigenvalue weighted by Crippen LogP contribution is -2.40. The summed E-state index contributed by atoms with van der Waals surface area (Å²) in [7, 11) is 0. The summed E-state index contributed by atoms with van der Waals surface area (Å²) in [5.41, 5.74) is 6.95. The van der Waals surface area contributed by atoms with E-state index in [2.05, 4.69) is 12.2 Å². The Bertz CT molecular complexity index is 944. The lowest BCUT2D eigenvalue weighted by atomic mass is 10.00. The maximum absolute atomic E-state index is 12.5. The van der Waals surface area contributed by atoms with Gasteiger partial charge in [-0.3, -0.25) is 14.4 Å². The molecule has 0 bridgehead atoms. The van der Waals surface area contributed by atoms with Gasteiger partial charge in [0.2, 0.25) is 5.91 Å². The predicted molar refractivity (Wildman–Crippen MR) is 118 cm³/mol. The van der Waals surface area contributed by atoms with E-state index < -0.39 is 5.91 Å². The molecule has 2 aromatic rings. The second kappa shape index (κ2) is 10.6. The number of piperidine rings is 1. The molecule has 3 rings (SSSR count). The first-order valence-corrected chi connectivity index (χ1v) is 10.6. The second-order valence-electron chi connectivity index (χ2n) is 7.94. The number of hydrogen-bond acceptors (Lipinski definition) is 4. The van der Waals surface area contributed by atoms with Crippen LogP contribution in [0.2, 0.25) is 0 Å². The van der Waals surface area contributed by atoms with Crippen molar-refractivity contribution in [1.82, 2.24) is 10.2 Å². The van der Waals surface area contributed by atoms with Gasteiger partial charge < -0.3 is 20.7 Å². The maximum Gasteiger partial charge on any atom is 0.252 e. The number of primary amides is 1. The number of amides is 3. The van der Waals surface area contributed by atoms with E-state index in [4.69, 9.17) is 10.5 Å². The Morgan fingerprint density at radius 2 is 1.97 bits per heavy atom. The number of rotatable bonds is 8. The predicted octanol–water partition coefficient (Wildman–Crippen LogP) is 2.74. The number of nitrogens with zero attached hydrogens (tertiary/aromatic N) is 1. The van der Waals surface area contributed by atoms with Crippen LogP contribution in [0.5, 0.6) is 5.75 Å². The molecule has 7 heteroatoms. The van der Waals surface area contributed by atoms with Crippen LogP contribution in [0.1, 0.15) is 52.5 Å². The number of para-hydroxylation sites is 1. The SMILES string of the molecule is CC1CCCN(C(=O)CCNC(=O)c2cccc(COc3ccccc3C(N)=O)c2)C1. The van der Waals surface area contributed by atoms with Gasteiger partial charge in [0.25, 0.3) is 11.8 Å². The van der Waals surface area contributed by atoms with Gasteiger partial charge in [-0.2, -0.15) is 0 Å². The van der Waals surface area contributed by atoms with Crippen LogP contribution in [-0.4, -0.2) is 42.3 Å². The minimum absolute atomic E-state index is 0.0853. The third-order valence-corrected chi connectivity index (χ3v) is 5.37. The molecule has 1 heterocycles. The molecule has 1 fully saturated rings. The molecule has 3 amide bonds. The highest BCUT2D eigenvalue weighted by atomic mass is 16.5. The average Bonchev–Trinajstić information content (AvgIpc) is 2.78. The van der Waals surface area contributed by atoms with Crippen molar-refractivity contribution in [2.45, 2.75) is 32.8 Å². The summed E-state index contributed by atoms with van der Waals surface area (Å²) in [6, 6.07) is 13.8. The van der Waals surface area contributed by atoms with Crippen LogP contribution in [0.4, 0.5) is 0 Å². The van der Waals surface area contributed by atoms with E-state index in [1.165, 1.54) is 0 Å². The van der Waals surface area contributed by atoms with Crippen molar-refractivity contribution in [2.24, 2.45) is 11.7 Å². The Balaban J connectivity index is 1.51. The first-order chi connectivity index (χ1) is 14.9. The fourth-order valence-electron chi connectivity index (χ4n) is 3.72. The smallest absolute Gasteiger partial charge is 0.252 e. The van der Waals surface area contributed by atoms with E-state index in [-0.39, 0.29) is 18.4 Å². The van der Waals surface area contributed by atoms with Gasteiger partial charge in [0.1, 0.15) is 12.4 Å². The highest BCUT2D eigenvalue weighted by Gasteiger charge is 2.20. The molecule has 0 radical (unpaired) electrons. The molecule has 7 nitrogen and oxygen atoms in total. The third-order valence-electron chi connectivity index (χ3n) is 5.37. The van der Waals surface area contributed by atoms with Crippen molar-refractivity contribution >= 4 is 17.7 Å². The first kappa shape index (κ1) is 22.3. The van der Waals surface area contributed by atoms with Gasteiger partial charge >= 0.3 is 0 Å². The zero-order valence-corrected chi connectivity index (χ0v) is 17.8. The summed E-state index contributed by atoms with van der Waals surface area (Å²) >= 11 is 0. The number of carbonyl (C=O) groups is 3. The van der Waals surface area contributed by atoms with E-state index in [0.717, 1.165) is 31.5 Å². The Kier molecular flexibility index (Phi) is 7.65. The van der Waals surface area contributed by atoms with Crippen LogP contribution >= 0.6 is 0 Å². The fourth-order valence-corrected chi connectivity index (χ4v) is 3.72. The van der Waals surface area contributed by atoms with Crippen LogP contribution in [0.25, 0.3) is 0 Å². The van der Waals surface area contributed by atoms with Crippen LogP contribution in [0, 0.1) is 5.92 Å². The molecule has 1 aliphatic rings. The standard InChI is InChI=1S/C24H29N3O4/c1-17-6-5-13-27(15-17)22(28)11-12-26-24(30)19-8-4-7-18(14-19)16-31-21-10-3-2-9-20(21)23(25)29/h2-4,7-10,14,17H,5-6,11-13,15-16H2,1H3,(H2,25,29)(H,26,30). The highest BCUT2D eigenvalue weighted by Crippen LogP contribution is 2.19. The molecule has 164 valence electrons. The quantitative estimate of drug-likeness (QED) is 0.682. The van der Waals surface area contributed by atoms with E-state index >= 15 is 0 Å². The molecule has 1 unspecified atom stereocenters. The van der Waals surface area contributed by atoms with E-state index in [9.17, 15) is 14.4 Å². The van der Waals surface area contributed by atoms with Gasteiger partial charge in [-0.1, -0.05) is 31.2 Å². The minimum Gasteiger partial charge on any atom is -0.488 e. The number of ether oxygens (including phenoxy) is 1. The maximum atomic E-state index is 12.5. The van der Waals surface area contributed by atoms with Crippen molar-refractivity contribution in [3.8, 4) is 5.75 Å². The number of hydrogen-bond donors (Lipinski definition) is 2. The van der Waals surface area contributed by atoms with Gasteiger partial charge in [-0.15, -0.1) is 0 Å². The van der Waals surface area contributed by atoms with Crippen molar-refractivity contribution < 1.29 is 19.1 Å². The number of nitrogens with one attached hydrogen (secondary N) is 1. The normalized spacial score (nSPS) is 15.9. The third kappa shape index (κ3) is 6.31. The van der Waals surface area contributed by atoms with E-state index in [0.29, 0.717) is 35.8 Å². The molecule has 1 saturated heterocycles. The van der Waals surface area contributed by atoms with Crippen LogP contribution in [-0.2, 0) is 11.4 Å². The first-order valence-electron chi connectivity index (χ1n) is 10.6. The summed E-state index contributed by atoms with van der Waals surface area (Å²) in [5.74, 6) is 0.223. The second-order valence-corrected chi connectivity index (χ2v) is 7.94.